The second kappa shape index (κ2) is 5.97. The molecule has 0 saturated carbocycles. The predicted molar refractivity (Wildman–Crippen MR) is 67.9 cm³/mol. The van der Waals surface area contributed by atoms with Crippen LogP contribution in [0.2, 0.25) is 0 Å². The van der Waals surface area contributed by atoms with Gasteiger partial charge in [-0.15, -0.1) is 11.6 Å². The lowest BCUT2D eigenvalue weighted by Crippen LogP contribution is -2.05. The minimum Gasteiger partial charge on any atom is -0.479 e. The number of methoxy groups -OCH3 is 2. The van der Waals surface area contributed by atoms with Crippen molar-refractivity contribution in [2.24, 2.45) is 0 Å². The zero-order chi connectivity index (χ0) is 13.0. The van der Waals surface area contributed by atoms with Gasteiger partial charge in [-0.25, -0.2) is 9.97 Å². The van der Waals surface area contributed by atoms with Gasteiger partial charge in [0, 0.05) is 20.3 Å². The van der Waals surface area contributed by atoms with Crippen LogP contribution in [0, 0.1) is 0 Å². The largest absolute Gasteiger partial charge is 0.479 e. The molecule has 98 valence electrons. The Morgan fingerprint density at radius 3 is 2.83 bits per heavy atom. The third kappa shape index (κ3) is 2.39. The molecule has 0 aliphatic heterocycles. The molecule has 7 heteroatoms. The maximum Gasteiger partial charge on any atom is 0.245 e. The van der Waals surface area contributed by atoms with Gasteiger partial charge in [0.2, 0.25) is 5.88 Å². The first-order valence-corrected chi connectivity index (χ1v) is 6.14. The lowest BCUT2D eigenvalue weighted by molar-refractivity contribution is 0.190. The van der Waals surface area contributed by atoms with Gasteiger partial charge >= 0.3 is 0 Å². The fourth-order valence-electron chi connectivity index (χ4n) is 1.81. The number of aromatic nitrogens is 4. The number of ether oxygens (including phenoxy) is 2. The molecule has 0 N–H and O–H groups in total. The molecule has 0 spiro atoms. The highest BCUT2D eigenvalue weighted by atomic mass is 35.5. The van der Waals surface area contributed by atoms with Crippen LogP contribution in [0.15, 0.2) is 6.33 Å². The number of hydrogen-bond donors (Lipinski definition) is 0. The summed E-state index contributed by atoms with van der Waals surface area (Å²) in [6.45, 7) is 1.44. The number of alkyl halides is 1. The Labute approximate surface area is 110 Å². The molecule has 0 aromatic carbocycles. The molecule has 0 unspecified atom stereocenters. The summed E-state index contributed by atoms with van der Waals surface area (Å²) in [6, 6.07) is 0. The monoisotopic (exact) mass is 270 g/mol. The molecule has 0 amide bonds. The molecule has 2 aromatic heterocycles. The molecular weight excluding hydrogens is 256 g/mol. The Kier molecular flexibility index (Phi) is 4.33. The van der Waals surface area contributed by atoms with Crippen molar-refractivity contribution < 1.29 is 9.47 Å². The van der Waals surface area contributed by atoms with Crippen molar-refractivity contribution in [2.45, 2.75) is 18.8 Å². The first-order chi connectivity index (χ1) is 8.81. The van der Waals surface area contributed by atoms with Gasteiger partial charge in [-0.3, -0.25) is 0 Å². The molecule has 0 saturated heterocycles. The average molecular weight is 271 g/mol. The van der Waals surface area contributed by atoms with E-state index in [-0.39, 0.29) is 0 Å². The first kappa shape index (κ1) is 13.0. The standard InChI is InChI=1S/C11H15ClN4O2/c1-17-5-3-4-16-8(6-12)15-9-10(16)13-7-14-11(9)18-2/h7H,3-6H2,1-2H3. The lowest BCUT2D eigenvalue weighted by atomic mass is 10.4. The maximum atomic E-state index is 5.91. The van der Waals surface area contributed by atoms with E-state index >= 15 is 0 Å². The highest BCUT2D eigenvalue weighted by Crippen LogP contribution is 2.22. The Morgan fingerprint density at radius 1 is 1.33 bits per heavy atom. The SMILES string of the molecule is COCCCn1c(CCl)nc2c(OC)ncnc21. The fraction of sp³-hybridized carbons (Fsp3) is 0.545. The van der Waals surface area contributed by atoms with Crippen molar-refractivity contribution in [3.05, 3.63) is 12.2 Å². The van der Waals surface area contributed by atoms with Crippen molar-refractivity contribution in [3.63, 3.8) is 0 Å². The molecule has 0 radical (unpaired) electrons. The van der Waals surface area contributed by atoms with E-state index in [0.29, 0.717) is 23.9 Å². The van der Waals surface area contributed by atoms with Crippen molar-refractivity contribution in [1.29, 1.82) is 0 Å². The first-order valence-electron chi connectivity index (χ1n) is 5.60. The second-order valence-corrected chi connectivity index (χ2v) is 3.98. The van der Waals surface area contributed by atoms with Gasteiger partial charge in [-0.1, -0.05) is 0 Å². The minimum absolute atomic E-state index is 0.326. The van der Waals surface area contributed by atoms with Crippen LogP contribution < -0.4 is 4.74 Å². The molecule has 18 heavy (non-hydrogen) atoms. The third-order valence-electron chi connectivity index (χ3n) is 2.62. The highest BCUT2D eigenvalue weighted by molar-refractivity contribution is 6.16. The zero-order valence-corrected chi connectivity index (χ0v) is 11.1. The van der Waals surface area contributed by atoms with E-state index in [1.54, 1.807) is 14.2 Å². The normalized spacial score (nSPS) is 11.1. The molecule has 0 aliphatic rings. The van der Waals surface area contributed by atoms with E-state index in [2.05, 4.69) is 15.0 Å². The summed E-state index contributed by atoms with van der Waals surface area (Å²) in [7, 11) is 3.24. The number of fused-ring (bicyclic) bond motifs is 1. The van der Waals surface area contributed by atoms with Crippen LogP contribution in [0.5, 0.6) is 5.88 Å². The van der Waals surface area contributed by atoms with Gasteiger partial charge in [0.15, 0.2) is 11.2 Å². The molecule has 0 fully saturated rings. The molecular formula is C11H15ClN4O2. The summed E-state index contributed by atoms with van der Waals surface area (Å²) >= 11 is 5.91. The molecule has 2 heterocycles. The van der Waals surface area contributed by atoms with E-state index in [1.807, 2.05) is 4.57 Å². The number of imidazole rings is 1. The quantitative estimate of drug-likeness (QED) is 0.589. The van der Waals surface area contributed by atoms with Gasteiger partial charge < -0.3 is 14.0 Å². The van der Waals surface area contributed by atoms with E-state index in [1.165, 1.54) is 6.33 Å². The molecule has 2 rings (SSSR count). The average Bonchev–Trinajstić information content (AvgIpc) is 2.77. The molecule has 0 bridgehead atoms. The van der Waals surface area contributed by atoms with Crippen LogP contribution >= 0.6 is 11.6 Å². The number of halogens is 1. The smallest absolute Gasteiger partial charge is 0.245 e. The van der Waals surface area contributed by atoms with Crippen LogP contribution in [-0.4, -0.2) is 40.3 Å². The summed E-state index contributed by atoms with van der Waals surface area (Å²) in [6.07, 6.45) is 2.34. The van der Waals surface area contributed by atoms with Crippen LogP contribution in [0.1, 0.15) is 12.2 Å². The number of nitrogens with zero attached hydrogens (tertiary/aromatic N) is 4. The van der Waals surface area contributed by atoms with Gasteiger partial charge in [-0.05, 0) is 6.42 Å². The summed E-state index contributed by atoms with van der Waals surface area (Å²) in [5, 5.41) is 0. The Morgan fingerprint density at radius 2 is 2.17 bits per heavy atom. The third-order valence-corrected chi connectivity index (χ3v) is 2.86. The Hall–Kier alpha value is -1.40. The molecule has 0 atom stereocenters. The van der Waals surface area contributed by atoms with Crippen molar-refractivity contribution in [3.8, 4) is 5.88 Å². The molecule has 6 nitrogen and oxygen atoms in total. The van der Waals surface area contributed by atoms with E-state index in [4.69, 9.17) is 21.1 Å². The van der Waals surface area contributed by atoms with Gasteiger partial charge in [0.25, 0.3) is 0 Å². The van der Waals surface area contributed by atoms with Crippen LogP contribution in [0.3, 0.4) is 0 Å². The van der Waals surface area contributed by atoms with Gasteiger partial charge in [-0.2, -0.15) is 4.98 Å². The Bertz CT molecular complexity index is 529. The van der Waals surface area contributed by atoms with Crippen LogP contribution in [0.4, 0.5) is 0 Å². The topological polar surface area (TPSA) is 62.1 Å². The number of aryl methyl sites for hydroxylation is 1. The fourth-order valence-corrected chi connectivity index (χ4v) is 2.02. The Balaban J connectivity index is 2.42. The van der Waals surface area contributed by atoms with E-state index in [9.17, 15) is 0 Å². The number of rotatable bonds is 6. The highest BCUT2D eigenvalue weighted by Gasteiger charge is 2.15. The molecule has 2 aromatic rings. The summed E-state index contributed by atoms with van der Waals surface area (Å²) in [5.41, 5.74) is 1.39. The summed E-state index contributed by atoms with van der Waals surface area (Å²) in [4.78, 5) is 12.7. The van der Waals surface area contributed by atoms with Gasteiger partial charge in [0.05, 0.1) is 13.0 Å². The van der Waals surface area contributed by atoms with E-state index in [0.717, 1.165) is 24.4 Å². The zero-order valence-electron chi connectivity index (χ0n) is 10.4. The van der Waals surface area contributed by atoms with Crippen LogP contribution in [0.25, 0.3) is 11.2 Å². The van der Waals surface area contributed by atoms with Crippen molar-refractivity contribution >= 4 is 22.8 Å². The van der Waals surface area contributed by atoms with E-state index < -0.39 is 0 Å². The molecule has 0 aliphatic carbocycles. The maximum absolute atomic E-state index is 5.91. The van der Waals surface area contributed by atoms with Crippen molar-refractivity contribution in [1.82, 2.24) is 19.5 Å². The lowest BCUT2D eigenvalue weighted by Gasteiger charge is -2.06. The summed E-state index contributed by atoms with van der Waals surface area (Å²) in [5.74, 6) is 1.56. The second-order valence-electron chi connectivity index (χ2n) is 3.71. The van der Waals surface area contributed by atoms with Gasteiger partial charge in [0.1, 0.15) is 12.2 Å². The van der Waals surface area contributed by atoms with Crippen LogP contribution in [-0.2, 0) is 17.2 Å². The number of hydrogen-bond acceptors (Lipinski definition) is 5. The summed E-state index contributed by atoms with van der Waals surface area (Å²) < 4.78 is 12.2. The predicted octanol–water partition coefficient (Wildman–Crippen LogP) is 1.61. The van der Waals surface area contributed by atoms with Crippen molar-refractivity contribution in [2.75, 3.05) is 20.8 Å². The minimum atomic E-state index is 0.326.